The molecule has 0 aliphatic heterocycles. The highest BCUT2D eigenvalue weighted by Gasteiger charge is 2.17. The standard InChI is InChI=1S/C17H18BrF2N/c1-2-21-11-13(15-5-3-4-6-17(15)20)9-12-10-14(18)7-8-16(12)19/h3-8,10,13,21H,2,9,11H2,1H3. The van der Waals surface area contributed by atoms with Gasteiger partial charge in [-0.25, -0.2) is 8.78 Å². The van der Waals surface area contributed by atoms with E-state index in [1.54, 1.807) is 24.3 Å². The highest BCUT2D eigenvalue weighted by Crippen LogP contribution is 2.26. The number of rotatable bonds is 6. The molecule has 1 unspecified atom stereocenters. The number of halogens is 3. The summed E-state index contributed by atoms with van der Waals surface area (Å²) in [5.74, 6) is -0.596. The third-order valence-electron chi connectivity index (χ3n) is 3.46. The van der Waals surface area contributed by atoms with Gasteiger partial charge in [-0.2, -0.15) is 0 Å². The normalized spacial score (nSPS) is 12.4. The van der Waals surface area contributed by atoms with Gasteiger partial charge in [0.25, 0.3) is 0 Å². The smallest absolute Gasteiger partial charge is 0.126 e. The lowest BCUT2D eigenvalue weighted by Crippen LogP contribution is -2.23. The molecule has 0 spiro atoms. The molecule has 21 heavy (non-hydrogen) atoms. The number of likely N-dealkylation sites (N-methyl/N-ethyl adjacent to an activating group) is 1. The van der Waals surface area contributed by atoms with Crippen LogP contribution in [-0.4, -0.2) is 13.1 Å². The van der Waals surface area contributed by atoms with Gasteiger partial charge >= 0.3 is 0 Å². The Kier molecular flexibility index (Phi) is 5.88. The molecule has 1 atom stereocenters. The summed E-state index contributed by atoms with van der Waals surface area (Å²) in [6, 6.07) is 11.6. The van der Waals surface area contributed by atoms with Crippen molar-refractivity contribution in [3.63, 3.8) is 0 Å². The third kappa shape index (κ3) is 4.35. The molecule has 0 aromatic heterocycles. The summed E-state index contributed by atoms with van der Waals surface area (Å²) in [7, 11) is 0. The predicted octanol–water partition coefficient (Wildman–Crippen LogP) is 4.66. The van der Waals surface area contributed by atoms with E-state index < -0.39 is 0 Å². The van der Waals surface area contributed by atoms with Gasteiger partial charge in [0, 0.05) is 16.9 Å². The second-order valence-corrected chi connectivity index (χ2v) is 5.88. The molecule has 112 valence electrons. The number of nitrogens with one attached hydrogen (secondary N) is 1. The lowest BCUT2D eigenvalue weighted by molar-refractivity contribution is 0.531. The molecule has 0 fully saturated rings. The minimum Gasteiger partial charge on any atom is -0.316 e. The van der Waals surface area contributed by atoms with Gasteiger partial charge in [-0.3, -0.25) is 0 Å². The first kappa shape index (κ1) is 16.1. The molecule has 2 aromatic rings. The average Bonchev–Trinajstić information content (AvgIpc) is 2.48. The Morgan fingerprint density at radius 2 is 1.86 bits per heavy atom. The van der Waals surface area contributed by atoms with Crippen molar-refractivity contribution in [1.82, 2.24) is 5.32 Å². The fraction of sp³-hybridized carbons (Fsp3) is 0.294. The topological polar surface area (TPSA) is 12.0 Å². The Morgan fingerprint density at radius 3 is 2.57 bits per heavy atom. The molecule has 0 aliphatic carbocycles. The van der Waals surface area contributed by atoms with Gasteiger partial charge in [-0.1, -0.05) is 41.1 Å². The Bertz CT molecular complexity index is 601. The van der Waals surface area contributed by atoms with Gasteiger partial charge in [0.1, 0.15) is 11.6 Å². The van der Waals surface area contributed by atoms with Gasteiger partial charge in [-0.15, -0.1) is 0 Å². The summed E-state index contributed by atoms with van der Waals surface area (Å²) >= 11 is 3.35. The van der Waals surface area contributed by atoms with Crippen LogP contribution in [0, 0.1) is 11.6 Å². The van der Waals surface area contributed by atoms with Crippen LogP contribution >= 0.6 is 15.9 Å². The minimum absolute atomic E-state index is 0.102. The molecule has 2 rings (SSSR count). The highest BCUT2D eigenvalue weighted by molar-refractivity contribution is 9.10. The van der Waals surface area contributed by atoms with Crippen LogP contribution in [0.1, 0.15) is 24.0 Å². The maximum Gasteiger partial charge on any atom is 0.126 e. The zero-order valence-electron chi connectivity index (χ0n) is 11.9. The summed E-state index contributed by atoms with van der Waals surface area (Å²) < 4.78 is 28.8. The van der Waals surface area contributed by atoms with Gasteiger partial charge in [0.15, 0.2) is 0 Å². The largest absolute Gasteiger partial charge is 0.316 e. The molecule has 0 amide bonds. The van der Waals surface area contributed by atoms with Crippen LogP contribution in [-0.2, 0) is 6.42 Å². The van der Waals surface area contributed by atoms with E-state index in [9.17, 15) is 8.78 Å². The Hall–Kier alpha value is -1.26. The quantitative estimate of drug-likeness (QED) is 0.795. The van der Waals surface area contributed by atoms with E-state index in [1.807, 2.05) is 13.0 Å². The molecular formula is C17H18BrF2N. The van der Waals surface area contributed by atoms with Crippen LogP contribution in [0.3, 0.4) is 0 Å². The van der Waals surface area contributed by atoms with E-state index in [0.29, 0.717) is 24.1 Å². The summed E-state index contributed by atoms with van der Waals surface area (Å²) in [6.45, 7) is 3.41. The summed E-state index contributed by atoms with van der Waals surface area (Å²) in [5, 5.41) is 3.23. The van der Waals surface area contributed by atoms with Crippen molar-refractivity contribution in [1.29, 1.82) is 0 Å². The van der Waals surface area contributed by atoms with Crippen LogP contribution in [0.5, 0.6) is 0 Å². The first-order chi connectivity index (χ1) is 10.1. The molecule has 0 saturated heterocycles. The zero-order chi connectivity index (χ0) is 15.2. The van der Waals surface area contributed by atoms with Crippen LogP contribution in [0.2, 0.25) is 0 Å². The van der Waals surface area contributed by atoms with Crippen LogP contribution in [0.15, 0.2) is 46.9 Å². The Labute approximate surface area is 132 Å². The number of hydrogen-bond donors (Lipinski definition) is 1. The van der Waals surface area contributed by atoms with E-state index >= 15 is 0 Å². The lowest BCUT2D eigenvalue weighted by atomic mass is 9.91. The molecule has 0 heterocycles. The number of benzene rings is 2. The second kappa shape index (κ2) is 7.66. The Morgan fingerprint density at radius 1 is 1.10 bits per heavy atom. The first-order valence-electron chi connectivity index (χ1n) is 7.01. The second-order valence-electron chi connectivity index (χ2n) is 4.97. The number of hydrogen-bond acceptors (Lipinski definition) is 1. The lowest BCUT2D eigenvalue weighted by Gasteiger charge is -2.19. The van der Waals surface area contributed by atoms with Crippen LogP contribution in [0.25, 0.3) is 0 Å². The van der Waals surface area contributed by atoms with E-state index in [0.717, 1.165) is 11.0 Å². The molecule has 0 aliphatic rings. The summed E-state index contributed by atoms with van der Waals surface area (Å²) in [5.41, 5.74) is 1.22. The van der Waals surface area contributed by atoms with Crippen LogP contribution in [0.4, 0.5) is 8.78 Å². The van der Waals surface area contributed by atoms with Crippen molar-refractivity contribution in [2.24, 2.45) is 0 Å². The molecule has 0 saturated carbocycles. The molecule has 1 N–H and O–H groups in total. The van der Waals surface area contributed by atoms with Crippen molar-refractivity contribution < 1.29 is 8.78 Å². The monoisotopic (exact) mass is 353 g/mol. The minimum atomic E-state index is -0.254. The molecular weight excluding hydrogens is 336 g/mol. The molecule has 0 radical (unpaired) electrons. The van der Waals surface area contributed by atoms with E-state index in [-0.39, 0.29) is 17.6 Å². The average molecular weight is 354 g/mol. The van der Waals surface area contributed by atoms with Crippen molar-refractivity contribution in [3.8, 4) is 0 Å². The van der Waals surface area contributed by atoms with Gasteiger partial charge in [0.2, 0.25) is 0 Å². The Balaban J connectivity index is 2.28. The van der Waals surface area contributed by atoms with E-state index in [2.05, 4.69) is 21.2 Å². The SMILES string of the molecule is CCNCC(Cc1cc(Br)ccc1F)c1ccccc1F. The van der Waals surface area contributed by atoms with Crippen molar-refractivity contribution in [2.45, 2.75) is 19.3 Å². The fourth-order valence-electron chi connectivity index (χ4n) is 2.38. The van der Waals surface area contributed by atoms with Crippen LogP contribution < -0.4 is 5.32 Å². The van der Waals surface area contributed by atoms with Crippen molar-refractivity contribution in [2.75, 3.05) is 13.1 Å². The third-order valence-corrected chi connectivity index (χ3v) is 3.95. The zero-order valence-corrected chi connectivity index (χ0v) is 13.5. The summed E-state index contributed by atoms with van der Waals surface area (Å²) in [4.78, 5) is 0. The van der Waals surface area contributed by atoms with Crippen molar-refractivity contribution >= 4 is 15.9 Å². The molecule has 4 heteroatoms. The first-order valence-corrected chi connectivity index (χ1v) is 7.80. The molecule has 0 bridgehead atoms. The van der Waals surface area contributed by atoms with E-state index in [1.165, 1.54) is 12.1 Å². The van der Waals surface area contributed by atoms with Gasteiger partial charge in [-0.05, 0) is 48.4 Å². The van der Waals surface area contributed by atoms with Crippen molar-refractivity contribution in [3.05, 3.63) is 69.7 Å². The maximum atomic E-state index is 14.0. The summed E-state index contributed by atoms with van der Waals surface area (Å²) in [6.07, 6.45) is 0.458. The maximum absolute atomic E-state index is 14.0. The fourth-order valence-corrected chi connectivity index (χ4v) is 2.79. The molecule has 1 nitrogen and oxygen atoms in total. The van der Waals surface area contributed by atoms with Gasteiger partial charge in [0.05, 0.1) is 0 Å². The highest BCUT2D eigenvalue weighted by atomic mass is 79.9. The predicted molar refractivity (Wildman–Crippen MR) is 85.5 cm³/mol. The van der Waals surface area contributed by atoms with E-state index in [4.69, 9.17) is 0 Å². The molecule has 2 aromatic carbocycles. The van der Waals surface area contributed by atoms with Gasteiger partial charge < -0.3 is 5.32 Å².